The van der Waals surface area contributed by atoms with E-state index in [0.29, 0.717) is 22.9 Å². The number of nitrogens with one attached hydrogen (secondary N) is 1. The van der Waals surface area contributed by atoms with Crippen molar-refractivity contribution in [3.05, 3.63) is 42.5 Å². The van der Waals surface area contributed by atoms with Crippen LogP contribution in [0.1, 0.15) is 0 Å². The van der Waals surface area contributed by atoms with Crippen molar-refractivity contribution in [3.63, 3.8) is 0 Å². The number of para-hydroxylation sites is 1. The SMILES string of the molecule is COc1cc(NC(=O)CSc2nc3ccccc3s2)cc(OC)c1. The number of ether oxygens (including phenoxy) is 2. The molecule has 0 saturated heterocycles. The number of aromatic nitrogens is 1. The smallest absolute Gasteiger partial charge is 0.234 e. The van der Waals surface area contributed by atoms with Gasteiger partial charge in [-0.2, -0.15) is 0 Å². The van der Waals surface area contributed by atoms with Crippen LogP contribution in [0.25, 0.3) is 10.2 Å². The molecular weight excluding hydrogens is 344 g/mol. The number of hydrogen-bond acceptors (Lipinski definition) is 6. The predicted octanol–water partition coefficient (Wildman–Crippen LogP) is 4.04. The second kappa shape index (κ2) is 7.55. The van der Waals surface area contributed by atoms with Crippen LogP contribution in [-0.2, 0) is 4.79 Å². The molecule has 3 rings (SSSR count). The van der Waals surface area contributed by atoms with E-state index in [0.717, 1.165) is 14.6 Å². The zero-order valence-electron chi connectivity index (χ0n) is 13.2. The van der Waals surface area contributed by atoms with E-state index in [1.165, 1.54) is 11.8 Å². The molecule has 1 amide bonds. The lowest BCUT2D eigenvalue weighted by Gasteiger charge is -2.09. The van der Waals surface area contributed by atoms with E-state index in [4.69, 9.17) is 9.47 Å². The number of anilines is 1. The minimum absolute atomic E-state index is 0.102. The van der Waals surface area contributed by atoms with Crippen molar-refractivity contribution in [2.24, 2.45) is 0 Å². The van der Waals surface area contributed by atoms with Gasteiger partial charge in [-0.25, -0.2) is 4.98 Å². The van der Waals surface area contributed by atoms with Gasteiger partial charge in [-0.15, -0.1) is 11.3 Å². The largest absolute Gasteiger partial charge is 0.497 e. The van der Waals surface area contributed by atoms with E-state index < -0.39 is 0 Å². The topological polar surface area (TPSA) is 60.5 Å². The summed E-state index contributed by atoms with van der Waals surface area (Å²) in [5, 5.41) is 2.85. The summed E-state index contributed by atoms with van der Waals surface area (Å²) in [6.07, 6.45) is 0. The number of rotatable bonds is 6. The highest BCUT2D eigenvalue weighted by molar-refractivity contribution is 8.01. The van der Waals surface area contributed by atoms with Crippen LogP contribution in [0.3, 0.4) is 0 Å². The summed E-state index contributed by atoms with van der Waals surface area (Å²) in [5.74, 6) is 1.45. The standard InChI is InChI=1S/C17H16N2O3S2/c1-21-12-7-11(8-13(9-12)22-2)18-16(20)10-23-17-19-14-5-3-4-6-15(14)24-17/h3-9H,10H2,1-2H3,(H,18,20). The van der Waals surface area contributed by atoms with Crippen LogP contribution in [0.15, 0.2) is 46.8 Å². The number of thiazole rings is 1. The quantitative estimate of drug-likeness (QED) is 0.672. The maximum atomic E-state index is 12.2. The van der Waals surface area contributed by atoms with Gasteiger partial charge in [0.1, 0.15) is 11.5 Å². The van der Waals surface area contributed by atoms with Gasteiger partial charge < -0.3 is 14.8 Å². The molecule has 1 N–H and O–H groups in total. The fourth-order valence-corrected chi connectivity index (χ4v) is 3.99. The summed E-state index contributed by atoms with van der Waals surface area (Å²) in [5.41, 5.74) is 1.60. The summed E-state index contributed by atoms with van der Waals surface area (Å²) in [4.78, 5) is 16.7. The summed E-state index contributed by atoms with van der Waals surface area (Å²) in [6.45, 7) is 0. The first-order valence-corrected chi connectivity index (χ1v) is 8.99. The maximum Gasteiger partial charge on any atom is 0.234 e. The number of amides is 1. The average molecular weight is 360 g/mol. The zero-order chi connectivity index (χ0) is 16.9. The lowest BCUT2D eigenvalue weighted by Crippen LogP contribution is -2.14. The Morgan fingerprint density at radius 2 is 1.88 bits per heavy atom. The van der Waals surface area contributed by atoms with Crippen LogP contribution in [0, 0.1) is 0 Å². The highest BCUT2D eigenvalue weighted by atomic mass is 32.2. The van der Waals surface area contributed by atoms with Crippen molar-refractivity contribution in [2.75, 3.05) is 25.3 Å². The van der Waals surface area contributed by atoms with Gasteiger partial charge in [-0.05, 0) is 12.1 Å². The van der Waals surface area contributed by atoms with Crippen LogP contribution in [-0.4, -0.2) is 30.9 Å². The summed E-state index contributed by atoms with van der Waals surface area (Å²) in [6, 6.07) is 13.2. The molecular formula is C17H16N2O3S2. The first-order valence-electron chi connectivity index (χ1n) is 7.19. The van der Waals surface area contributed by atoms with E-state index in [1.807, 2.05) is 24.3 Å². The Kier molecular flexibility index (Phi) is 5.22. The Bertz CT molecular complexity index is 809. The second-order valence-electron chi connectivity index (χ2n) is 4.89. The Morgan fingerprint density at radius 3 is 2.54 bits per heavy atom. The molecule has 7 heteroatoms. The highest BCUT2D eigenvalue weighted by Gasteiger charge is 2.09. The van der Waals surface area contributed by atoms with E-state index in [2.05, 4.69) is 10.3 Å². The zero-order valence-corrected chi connectivity index (χ0v) is 14.9. The van der Waals surface area contributed by atoms with Crippen molar-refractivity contribution < 1.29 is 14.3 Å². The summed E-state index contributed by atoms with van der Waals surface area (Å²) >= 11 is 3.02. The van der Waals surface area contributed by atoms with Crippen LogP contribution in [0.2, 0.25) is 0 Å². The van der Waals surface area contributed by atoms with E-state index >= 15 is 0 Å². The van der Waals surface area contributed by atoms with Crippen LogP contribution in [0.4, 0.5) is 5.69 Å². The molecule has 24 heavy (non-hydrogen) atoms. The Labute approximate surface area is 148 Å². The van der Waals surface area contributed by atoms with Crippen molar-refractivity contribution in [1.29, 1.82) is 0 Å². The molecule has 1 aromatic heterocycles. The molecule has 0 radical (unpaired) electrons. The fraction of sp³-hybridized carbons (Fsp3) is 0.176. The van der Waals surface area contributed by atoms with Gasteiger partial charge in [0, 0.05) is 23.9 Å². The average Bonchev–Trinajstić information content (AvgIpc) is 3.02. The number of carbonyl (C=O) groups is 1. The first kappa shape index (κ1) is 16.6. The fourth-order valence-electron chi connectivity index (χ4n) is 2.12. The van der Waals surface area contributed by atoms with Crippen LogP contribution < -0.4 is 14.8 Å². The molecule has 0 fully saturated rings. The molecule has 0 aliphatic heterocycles. The van der Waals surface area contributed by atoms with E-state index in [9.17, 15) is 4.79 Å². The lowest BCUT2D eigenvalue weighted by molar-refractivity contribution is -0.113. The number of nitrogens with zero attached hydrogens (tertiary/aromatic N) is 1. The summed E-state index contributed by atoms with van der Waals surface area (Å²) in [7, 11) is 3.15. The van der Waals surface area contributed by atoms with Crippen molar-refractivity contribution in [1.82, 2.24) is 4.98 Å². The van der Waals surface area contributed by atoms with E-state index in [1.54, 1.807) is 43.8 Å². The number of benzene rings is 2. The number of thioether (sulfide) groups is 1. The molecule has 3 aromatic rings. The molecule has 124 valence electrons. The van der Waals surface area contributed by atoms with Gasteiger partial charge in [-0.1, -0.05) is 23.9 Å². The van der Waals surface area contributed by atoms with Crippen LogP contribution in [0.5, 0.6) is 11.5 Å². The third kappa shape index (κ3) is 3.98. The molecule has 0 spiro atoms. The number of carbonyl (C=O) groups excluding carboxylic acids is 1. The minimum atomic E-state index is -0.102. The molecule has 0 unspecified atom stereocenters. The second-order valence-corrected chi connectivity index (χ2v) is 7.14. The molecule has 0 aliphatic carbocycles. The third-order valence-electron chi connectivity index (χ3n) is 3.24. The molecule has 0 saturated carbocycles. The number of hydrogen-bond donors (Lipinski definition) is 1. The Morgan fingerprint density at radius 1 is 1.17 bits per heavy atom. The van der Waals surface area contributed by atoms with Crippen molar-refractivity contribution in [3.8, 4) is 11.5 Å². The van der Waals surface area contributed by atoms with Gasteiger partial charge >= 0.3 is 0 Å². The normalized spacial score (nSPS) is 10.6. The van der Waals surface area contributed by atoms with Crippen molar-refractivity contribution >= 4 is 44.9 Å². The molecule has 0 aliphatic rings. The Balaban J connectivity index is 1.63. The third-order valence-corrected chi connectivity index (χ3v) is 5.42. The molecule has 2 aromatic carbocycles. The Hall–Kier alpha value is -2.25. The molecule has 0 atom stereocenters. The maximum absolute atomic E-state index is 12.2. The first-order chi connectivity index (χ1) is 11.7. The van der Waals surface area contributed by atoms with Gasteiger partial charge in [0.25, 0.3) is 0 Å². The van der Waals surface area contributed by atoms with Gasteiger partial charge in [0.2, 0.25) is 5.91 Å². The van der Waals surface area contributed by atoms with Crippen LogP contribution >= 0.6 is 23.1 Å². The van der Waals surface area contributed by atoms with Gasteiger partial charge in [0.15, 0.2) is 4.34 Å². The summed E-state index contributed by atoms with van der Waals surface area (Å²) < 4.78 is 12.4. The molecule has 1 heterocycles. The lowest BCUT2D eigenvalue weighted by atomic mass is 10.2. The van der Waals surface area contributed by atoms with Gasteiger partial charge in [0.05, 0.1) is 30.2 Å². The highest BCUT2D eigenvalue weighted by Crippen LogP contribution is 2.30. The number of fused-ring (bicyclic) bond motifs is 1. The van der Waals surface area contributed by atoms with Crippen molar-refractivity contribution in [2.45, 2.75) is 4.34 Å². The van der Waals surface area contributed by atoms with E-state index in [-0.39, 0.29) is 5.91 Å². The number of methoxy groups -OCH3 is 2. The van der Waals surface area contributed by atoms with Gasteiger partial charge in [-0.3, -0.25) is 4.79 Å². The predicted molar refractivity (Wildman–Crippen MR) is 98.5 cm³/mol. The minimum Gasteiger partial charge on any atom is -0.497 e. The molecule has 0 bridgehead atoms. The molecule has 5 nitrogen and oxygen atoms in total. The monoisotopic (exact) mass is 360 g/mol.